The van der Waals surface area contributed by atoms with Crippen LogP contribution in [0.3, 0.4) is 0 Å². The summed E-state index contributed by atoms with van der Waals surface area (Å²) < 4.78 is 26.9. The van der Waals surface area contributed by atoms with Crippen molar-refractivity contribution in [2.75, 3.05) is 18.4 Å². The second-order valence-electron chi connectivity index (χ2n) is 4.56. The van der Waals surface area contributed by atoms with Gasteiger partial charge in [0.05, 0.1) is 4.90 Å². The van der Waals surface area contributed by atoms with Crippen molar-refractivity contribution in [3.05, 3.63) is 54.4 Å². The number of hydrogen-bond donors (Lipinski definition) is 2. The van der Waals surface area contributed by atoms with Crippen LogP contribution in [0, 0.1) is 0 Å². The van der Waals surface area contributed by atoms with Crippen molar-refractivity contribution < 1.29 is 8.42 Å². The molecule has 21 heavy (non-hydrogen) atoms. The highest BCUT2D eigenvalue weighted by Gasteiger charge is 2.12. The molecule has 0 fully saturated rings. The topological polar surface area (TPSA) is 71.1 Å². The second-order valence-corrected chi connectivity index (χ2v) is 6.33. The van der Waals surface area contributed by atoms with Crippen molar-refractivity contribution in [3.8, 4) is 0 Å². The van der Waals surface area contributed by atoms with Gasteiger partial charge in [-0.2, -0.15) is 0 Å². The lowest BCUT2D eigenvalue weighted by Crippen LogP contribution is -2.26. The summed E-state index contributed by atoms with van der Waals surface area (Å²) in [6, 6.07) is 10.5. The number of pyridine rings is 1. The van der Waals surface area contributed by atoms with Gasteiger partial charge >= 0.3 is 0 Å². The van der Waals surface area contributed by atoms with Gasteiger partial charge in [0.15, 0.2) is 0 Å². The molecule has 0 spiro atoms. The molecule has 0 saturated heterocycles. The maximum absolute atomic E-state index is 12.1. The average molecular weight is 305 g/mol. The summed E-state index contributed by atoms with van der Waals surface area (Å²) in [5.74, 6) is 0. The molecule has 0 saturated carbocycles. The standard InChI is InChI=1S/C15H19N3O2S/c1-2-17-14-5-7-15(8-6-14)21(19,20)18-11-9-13-4-3-10-16-12-13/h3-8,10,12,17-18H,2,9,11H2,1H3. The lowest BCUT2D eigenvalue weighted by atomic mass is 10.2. The van der Waals surface area contributed by atoms with Crippen molar-refractivity contribution in [1.29, 1.82) is 0 Å². The fourth-order valence-electron chi connectivity index (χ4n) is 1.92. The Morgan fingerprint density at radius 2 is 1.90 bits per heavy atom. The van der Waals surface area contributed by atoms with Crippen LogP contribution < -0.4 is 10.0 Å². The van der Waals surface area contributed by atoms with Crippen molar-refractivity contribution in [2.45, 2.75) is 18.2 Å². The first-order valence-electron chi connectivity index (χ1n) is 6.84. The van der Waals surface area contributed by atoms with Crippen molar-refractivity contribution in [1.82, 2.24) is 9.71 Å². The number of rotatable bonds is 7. The summed E-state index contributed by atoms with van der Waals surface area (Å²) in [6.07, 6.45) is 4.04. The average Bonchev–Trinajstić information content (AvgIpc) is 2.49. The lowest BCUT2D eigenvalue weighted by molar-refractivity contribution is 0.581. The molecule has 1 aromatic heterocycles. The van der Waals surface area contributed by atoms with Crippen LogP contribution in [0.5, 0.6) is 0 Å². The van der Waals surface area contributed by atoms with Crippen LogP contribution in [-0.2, 0) is 16.4 Å². The predicted octanol–water partition coefficient (Wildman–Crippen LogP) is 2.03. The predicted molar refractivity (Wildman–Crippen MR) is 83.7 cm³/mol. The van der Waals surface area contributed by atoms with E-state index < -0.39 is 10.0 Å². The molecule has 2 rings (SSSR count). The van der Waals surface area contributed by atoms with E-state index in [1.54, 1.807) is 36.7 Å². The minimum Gasteiger partial charge on any atom is -0.385 e. The highest BCUT2D eigenvalue weighted by atomic mass is 32.2. The largest absolute Gasteiger partial charge is 0.385 e. The molecule has 2 N–H and O–H groups in total. The molecule has 0 aliphatic rings. The van der Waals surface area contributed by atoms with Gasteiger partial charge in [-0.3, -0.25) is 4.98 Å². The molecule has 0 unspecified atom stereocenters. The lowest BCUT2D eigenvalue weighted by Gasteiger charge is -2.08. The Balaban J connectivity index is 1.95. The highest BCUT2D eigenvalue weighted by Crippen LogP contribution is 2.13. The van der Waals surface area contributed by atoms with Gasteiger partial charge in [0.2, 0.25) is 10.0 Å². The van der Waals surface area contributed by atoms with Crippen LogP contribution >= 0.6 is 0 Å². The summed E-state index contributed by atoms with van der Waals surface area (Å²) >= 11 is 0. The van der Waals surface area contributed by atoms with Crippen LogP contribution in [0.2, 0.25) is 0 Å². The summed E-state index contributed by atoms with van der Waals surface area (Å²) in [5.41, 5.74) is 1.91. The van der Waals surface area contributed by atoms with Gasteiger partial charge in [-0.25, -0.2) is 13.1 Å². The monoisotopic (exact) mass is 305 g/mol. The minimum atomic E-state index is -3.46. The fourth-order valence-corrected chi connectivity index (χ4v) is 2.95. The van der Waals surface area contributed by atoms with E-state index in [0.29, 0.717) is 13.0 Å². The van der Waals surface area contributed by atoms with E-state index >= 15 is 0 Å². The second kappa shape index (κ2) is 7.19. The third-order valence-corrected chi connectivity index (χ3v) is 4.45. The van der Waals surface area contributed by atoms with E-state index in [2.05, 4.69) is 15.0 Å². The normalized spacial score (nSPS) is 11.3. The van der Waals surface area contributed by atoms with E-state index in [-0.39, 0.29) is 4.90 Å². The van der Waals surface area contributed by atoms with Crippen LogP contribution in [0.4, 0.5) is 5.69 Å². The van der Waals surface area contributed by atoms with E-state index in [1.807, 2.05) is 19.1 Å². The number of hydrogen-bond acceptors (Lipinski definition) is 4. The Morgan fingerprint density at radius 3 is 2.52 bits per heavy atom. The van der Waals surface area contributed by atoms with E-state index in [0.717, 1.165) is 17.8 Å². The third-order valence-electron chi connectivity index (χ3n) is 2.97. The summed E-state index contributed by atoms with van der Waals surface area (Å²) in [6.45, 7) is 3.14. The first-order chi connectivity index (χ1) is 10.1. The summed E-state index contributed by atoms with van der Waals surface area (Å²) in [4.78, 5) is 4.27. The van der Waals surface area contributed by atoms with Crippen molar-refractivity contribution >= 4 is 15.7 Å². The zero-order valence-corrected chi connectivity index (χ0v) is 12.7. The van der Waals surface area contributed by atoms with Gasteiger partial charge in [-0.05, 0) is 49.2 Å². The van der Waals surface area contributed by atoms with Crippen LogP contribution in [-0.4, -0.2) is 26.5 Å². The van der Waals surface area contributed by atoms with Crippen molar-refractivity contribution in [3.63, 3.8) is 0 Å². The van der Waals surface area contributed by atoms with Gasteiger partial charge in [0.25, 0.3) is 0 Å². The number of aromatic nitrogens is 1. The SMILES string of the molecule is CCNc1ccc(S(=O)(=O)NCCc2cccnc2)cc1. The van der Waals surface area contributed by atoms with Crippen molar-refractivity contribution in [2.24, 2.45) is 0 Å². The molecule has 0 aliphatic heterocycles. The molecule has 0 bridgehead atoms. The molecule has 112 valence electrons. The minimum absolute atomic E-state index is 0.273. The molecule has 0 aliphatic carbocycles. The maximum Gasteiger partial charge on any atom is 0.240 e. The third kappa shape index (κ3) is 4.54. The number of anilines is 1. The Morgan fingerprint density at radius 1 is 1.14 bits per heavy atom. The molecule has 6 heteroatoms. The van der Waals surface area contributed by atoms with Gasteiger partial charge in [-0.1, -0.05) is 6.07 Å². The zero-order valence-electron chi connectivity index (χ0n) is 11.9. The van der Waals surface area contributed by atoms with Crippen LogP contribution in [0.1, 0.15) is 12.5 Å². The molecule has 0 atom stereocenters. The number of nitrogens with zero attached hydrogens (tertiary/aromatic N) is 1. The Bertz CT molecular complexity index is 655. The van der Waals surface area contributed by atoms with E-state index in [4.69, 9.17) is 0 Å². The smallest absolute Gasteiger partial charge is 0.240 e. The zero-order chi connectivity index (χ0) is 15.1. The van der Waals surface area contributed by atoms with Gasteiger partial charge in [-0.15, -0.1) is 0 Å². The van der Waals surface area contributed by atoms with Gasteiger partial charge in [0, 0.05) is 31.2 Å². The maximum atomic E-state index is 12.1. The summed E-state index contributed by atoms with van der Waals surface area (Å²) in [7, 11) is -3.46. The Hall–Kier alpha value is -1.92. The first-order valence-corrected chi connectivity index (χ1v) is 8.32. The summed E-state index contributed by atoms with van der Waals surface area (Å²) in [5, 5.41) is 3.13. The molecular weight excluding hydrogens is 286 g/mol. The number of benzene rings is 1. The highest BCUT2D eigenvalue weighted by molar-refractivity contribution is 7.89. The van der Waals surface area contributed by atoms with Crippen LogP contribution in [0.15, 0.2) is 53.7 Å². The molecule has 5 nitrogen and oxygen atoms in total. The molecule has 0 amide bonds. The quantitative estimate of drug-likeness (QED) is 0.821. The number of nitrogens with one attached hydrogen (secondary N) is 2. The Labute approximate surface area is 125 Å². The Kier molecular flexibility index (Phi) is 5.30. The van der Waals surface area contributed by atoms with Gasteiger partial charge in [0.1, 0.15) is 0 Å². The van der Waals surface area contributed by atoms with Gasteiger partial charge < -0.3 is 5.32 Å². The molecule has 2 aromatic rings. The van der Waals surface area contributed by atoms with Crippen LogP contribution in [0.25, 0.3) is 0 Å². The van der Waals surface area contributed by atoms with E-state index in [1.165, 1.54) is 0 Å². The number of sulfonamides is 1. The molecule has 1 aromatic carbocycles. The molecule has 0 radical (unpaired) electrons. The molecule has 1 heterocycles. The first kappa shape index (κ1) is 15.5. The van der Waals surface area contributed by atoms with E-state index in [9.17, 15) is 8.42 Å². The fraction of sp³-hybridized carbons (Fsp3) is 0.267. The molecular formula is C15H19N3O2S.